The number of hydrogen-bond donors (Lipinski definition) is 1. The molecule has 2 fully saturated rings. The molecule has 0 saturated carbocycles. The average molecular weight is 205 g/mol. The first-order chi connectivity index (χ1) is 7.29. The normalized spacial score (nSPS) is 35.8. The number of piperidine rings is 1. The van der Waals surface area contributed by atoms with Crippen molar-refractivity contribution in [2.24, 2.45) is 0 Å². The van der Waals surface area contributed by atoms with E-state index < -0.39 is 0 Å². The highest BCUT2D eigenvalue weighted by molar-refractivity contribution is 5.13. The maximum atomic E-state index is 9.32. The van der Waals surface area contributed by atoms with E-state index in [4.69, 9.17) is 0 Å². The van der Waals surface area contributed by atoms with Gasteiger partial charge in [0.05, 0.1) is 6.07 Å². The smallest absolute Gasteiger partial charge is 0.109 e. The quantitative estimate of drug-likeness (QED) is 0.705. The first-order valence-electron chi connectivity index (χ1n) is 5.81. The average Bonchev–Trinajstić information content (AvgIpc) is 2.73. The van der Waals surface area contributed by atoms with Gasteiger partial charge in [0.15, 0.2) is 0 Å². The third kappa shape index (κ3) is 2.06. The second kappa shape index (κ2) is 4.34. The highest BCUT2D eigenvalue weighted by Gasteiger charge is 2.41. The molecule has 2 saturated heterocycles. The summed E-state index contributed by atoms with van der Waals surface area (Å²) in [5.41, 5.74) is -0.292. The second-order valence-corrected chi connectivity index (χ2v) is 4.65. The minimum absolute atomic E-state index is 0.292. The molecule has 3 nitrogen and oxygen atoms in total. The molecule has 0 radical (unpaired) electrons. The zero-order valence-corrected chi connectivity index (χ0v) is 9.21. The van der Waals surface area contributed by atoms with Crippen LogP contribution in [-0.4, -0.2) is 36.1 Å². The van der Waals surface area contributed by atoms with Crippen molar-refractivity contribution in [1.82, 2.24) is 10.2 Å². The van der Waals surface area contributed by atoms with E-state index in [1.807, 2.05) is 6.08 Å². The molecule has 0 bridgehead atoms. The van der Waals surface area contributed by atoms with Gasteiger partial charge in [0.2, 0.25) is 0 Å². The summed E-state index contributed by atoms with van der Waals surface area (Å²) in [6.45, 7) is 6.73. The molecule has 0 aromatic rings. The summed E-state index contributed by atoms with van der Waals surface area (Å²) < 4.78 is 0. The summed E-state index contributed by atoms with van der Waals surface area (Å²) in [5, 5.41) is 12.7. The molecule has 0 amide bonds. The monoisotopic (exact) mass is 205 g/mol. The van der Waals surface area contributed by atoms with Crippen LogP contribution in [-0.2, 0) is 0 Å². The van der Waals surface area contributed by atoms with Crippen molar-refractivity contribution < 1.29 is 0 Å². The van der Waals surface area contributed by atoms with E-state index in [0.29, 0.717) is 6.04 Å². The number of nitrogens with one attached hydrogen (secondary N) is 1. The largest absolute Gasteiger partial charge is 0.300 e. The maximum absolute atomic E-state index is 9.32. The Balaban J connectivity index is 2.01. The van der Waals surface area contributed by atoms with Crippen molar-refractivity contribution in [3.05, 3.63) is 12.7 Å². The molecule has 2 unspecified atom stereocenters. The Hall–Kier alpha value is -0.850. The molecule has 0 aromatic heterocycles. The molecular weight excluding hydrogens is 186 g/mol. The Morgan fingerprint density at radius 3 is 3.20 bits per heavy atom. The van der Waals surface area contributed by atoms with Gasteiger partial charge >= 0.3 is 0 Å². The van der Waals surface area contributed by atoms with Crippen LogP contribution < -0.4 is 5.32 Å². The van der Waals surface area contributed by atoms with Crippen molar-refractivity contribution >= 4 is 0 Å². The van der Waals surface area contributed by atoms with Crippen molar-refractivity contribution in [2.45, 2.75) is 37.3 Å². The van der Waals surface area contributed by atoms with Crippen LogP contribution in [0.5, 0.6) is 0 Å². The van der Waals surface area contributed by atoms with Crippen LogP contribution in [0.1, 0.15) is 25.7 Å². The van der Waals surface area contributed by atoms with Crippen LogP contribution in [0.4, 0.5) is 0 Å². The van der Waals surface area contributed by atoms with Gasteiger partial charge in [0.1, 0.15) is 5.54 Å². The first kappa shape index (κ1) is 10.7. The summed E-state index contributed by atoms with van der Waals surface area (Å²) in [7, 11) is 0. The van der Waals surface area contributed by atoms with Gasteiger partial charge in [-0.3, -0.25) is 5.32 Å². The minimum atomic E-state index is -0.292. The maximum Gasteiger partial charge on any atom is 0.109 e. The molecule has 2 rings (SSSR count). The predicted octanol–water partition coefficient (Wildman–Crippen LogP) is 1.28. The zero-order valence-electron chi connectivity index (χ0n) is 9.21. The van der Waals surface area contributed by atoms with E-state index in [2.05, 4.69) is 22.9 Å². The van der Waals surface area contributed by atoms with Gasteiger partial charge in [0.25, 0.3) is 0 Å². The number of nitrogens with zero attached hydrogens (tertiary/aromatic N) is 2. The van der Waals surface area contributed by atoms with Crippen LogP contribution >= 0.6 is 0 Å². The predicted molar refractivity (Wildman–Crippen MR) is 60.4 cm³/mol. The summed E-state index contributed by atoms with van der Waals surface area (Å²) >= 11 is 0. The van der Waals surface area contributed by atoms with Gasteiger partial charge in [-0.25, -0.2) is 0 Å². The standard InChI is InChI=1S/C12H19N3/c1-2-6-14-12(10-13)5-8-15-7-3-4-11(15)9-12/h2,11,14H,1,3-9H2. The molecular formula is C12H19N3. The lowest BCUT2D eigenvalue weighted by molar-refractivity contribution is 0.139. The van der Waals surface area contributed by atoms with Crippen LogP contribution in [0, 0.1) is 11.3 Å². The van der Waals surface area contributed by atoms with Crippen LogP contribution in [0.15, 0.2) is 12.7 Å². The Labute approximate surface area is 91.8 Å². The lowest BCUT2D eigenvalue weighted by Crippen LogP contribution is -2.54. The van der Waals surface area contributed by atoms with E-state index in [1.165, 1.54) is 19.4 Å². The Kier molecular flexibility index (Phi) is 3.08. The Bertz CT molecular complexity index is 281. The number of nitriles is 1. The van der Waals surface area contributed by atoms with E-state index >= 15 is 0 Å². The minimum Gasteiger partial charge on any atom is -0.300 e. The van der Waals surface area contributed by atoms with Crippen LogP contribution in [0.2, 0.25) is 0 Å². The highest BCUT2D eigenvalue weighted by Crippen LogP contribution is 2.32. The molecule has 0 aromatic carbocycles. The molecule has 3 heteroatoms. The third-order valence-electron chi connectivity index (χ3n) is 3.71. The Morgan fingerprint density at radius 1 is 1.60 bits per heavy atom. The van der Waals surface area contributed by atoms with Gasteiger partial charge in [-0.1, -0.05) is 6.08 Å². The second-order valence-electron chi connectivity index (χ2n) is 4.65. The van der Waals surface area contributed by atoms with Crippen molar-refractivity contribution in [3.63, 3.8) is 0 Å². The van der Waals surface area contributed by atoms with Gasteiger partial charge in [-0.2, -0.15) is 5.26 Å². The van der Waals surface area contributed by atoms with Gasteiger partial charge in [0, 0.05) is 19.1 Å². The molecule has 2 atom stereocenters. The summed E-state index contributed by atoms with van der Waals surface area (Å²) in [6.07, 6.45) is 6.33. The molecule has 1 N–H and O–H groups in total. The number of hydrogen-bond acceptors (Lipinski definition) is 3. The molecule has 2 aliphatic rings. The third-order valence-corrected chi connectivity index (χ3v) is 3.71. The number of fused-ring (bicyclic) bond motifs is 1. The van der Waals surface area contributed by atoms with Crippen LogP contribution in [0.25, 0.3) is 0 Å². The van der Waals surface area contributed by atoms with E-state index in [-0.39, 0.29) is 5.54 Å². The lowest BCUT2D eigenvalue weighted by atomic mass is 9.84. The van der Waals surface area contributed by atoms with Crippen molar-refractivity contribution in [3.8, 4) is 6.07 Å². The fourth-order valence-corrected chi connectivity index (χ4v) is 2.83. The van der Waals surface area contributed by atoms with E-state index in [1.54, 1.807) is 0 Å². The van der Waals surface area contributed by atoms with Crippen LogP contribution in [0.3, 0.4) is 0 Å². The molecule has 2 heterocycles. The fraction of sp³-hybridized carbons (Fsp3) is 0.750. The topological polar surface area (TPSA) is 39.1 Å². The van der Waals surface area contributed by atoms with Gasteiger partial charge in [-0.05, 0) is 32.2 Å². The fourth-order valence-electron chi connectivity index (χ4n) is 2.83. The first-order valence-corrected chi connectivity index (χ1v) is 5.81. The van der Waals surface area contributed by atoms with Gasteiger partial charge < -0.3 is 4.90 Å². The SMILES string of the molecule is C=CCNC1(C#N)CCN2CCCC2C1. The van der Waals surface area contributed by atoms with Gasteiger partial charge in [-0.15, -0.1) is 6.58 Å². The molecule has 2 aliphatic heterocycles. The van der Waals surface area contributed by atoms with Crippen molar-refractivity contribution in [2.75, 3.05) is 19.6 Å². The zero-order chi connectivity index (χ0) is 10.7. The van der Waals surface area contributed by atoms with Crippen molar-refractivity contribution in [1.29, 1.82) is 5.26 Å². The highest BCUT2D eigenvalue weighted by atomic mass is 15.2. The molecule has 15 heavy (non-hydrogen) atoms. The molecule has 0 spiro atoms. The molecule has 0 aliphatic carbocycles. The summed E-state index contributed by atoms with van der Waals surface area (Å²) in [6, 6.07) is 3.11. The van der Waals surface area contributed by atoms with E-state index in [9.17, 15) is 5.26 Å². The number of rotatable bonds is 3. The summed E-state index contributed by atoms with van der Waals surface area (Å²) in [4.78, 5) is 2.53. The molecule has 82 valence electrons. The lowest BCUT2D eigenvalue weighted by Gasteiger charge is -2.40. The summed E-state index contributed by atoms with van der Waals surface area (Å²) in [5.74, 6) is 0. The Morgan fingerprint density at radius 2 is 2.47 bits per heavy atom. The van der Waals surface area contributed by atoms with E-state index in [0.717, 1.165) is 25.9 Å².